The van der Waals surface area contributed by atoms with Crippen LogP contribution >= 0.6 is 12.1 Å². The summed E-state index contributed by atoms with van der Waals surface area (Å²) < 4.78 is 0. The summed E-state index contributed by atoms with van der Waals surface area (Å²) in [5, 5.41) is 5.15. The minimum absolute atomic E-state index is 0.0256. The van der Waals surface area contributed by atoms with Gasteiger partial charge in [0.1, 0.15) is 0 Å². The zero-order valence-corrected chi connectivity index (χ0v) is 16.0. The molecular weight excluding hydrogens is 306 g/mol. The van der Waals surface area contributed by atoms with E-state index in [4.69, 9.17) is 5.14 Å². The summed E-state index contributed by atoms with van der Waals surface area (Å²) in [5.41, 5.74) is 2.53. The lowest BCUT2D eigenvalue weighted by Gasteiger charge is -2.04. The molecule has 0 aromatic rings. The number of hydrogen-bond donors (Lipinski definition) is 3. The van der Waals surface area contributed by atoms with Crippen molar-refractivity contribution in [3.63, 3.8) is 0 Å². The van der Waals surface area contributed by atoms with Crippen molar-refractivity contribution in [1.82, 2.24) is 10.3 Å². The van der Waals surface area contributed by atoms with Crippen LogP contribution in [0.4, 0.5) is 0 Å². The molecule has 0 rings (SSSR count). The van der Waals surface area contributed by atoms with Gasteiger partial charge >= 0.3 is 0 Å². The molecule has 0 heterocycles. The van der Waals surface area contributed by atoms with E-state index in [1.54, 1.807) is 0 Å². The van der Waals surface area contributed by atoms with Gasteiger partial charge in [0.2, 0.25) is 5.91 Å². The van der Waals surface area contributed by atoms with Gasteiger partial charge in [0, 0.05) is 18.6 Å². The Balaban J connectivity index is 3.04. The van der Waals surface area contributed by atoms with Crippen LogP contribution in [0.5, 0.6) is 0 Å². The Hall–Kier alpha value is -0.260. The molecular formula is C18H39N3OS. The molecule has 0 aromatic carbocycles. The summed E-state index contributed by atoms with van der Waals surface area (Å²) in [6.45, 7) is 2.27. The van der Waals surface area contributed by atoms with Crippen LogP contribution in [0.3, 0.4) is 0 Å². The first-order valence-electron chi connectivity index (χ1n) is 9.70. The van der Waals surface area contributed by atoms with E-state index < -0.39 is 0 Å². The van der Waals surface area contributed by atoms with Crippen LogP contribution in [0, 0.1) is 0 Å². The lowest BCUT2D eigenvalue weighted by Crippen LogP contribution is -2.33. The fourth-order valence-electron chi connectivity index (χ4n) is 2.81. The van der Waals surface area contributed by atoms with Crippen molar-refractivity contribution in [3.8, 4) is 0 Å². The summed E-state index contributed by atoms with van der Waals surface area (Å²) in [5.74, 6) is 0.0256. The molecule has 0 fully saturated rings. The lowest BCUT2D eigenvalue weighted by atomic mass is 10.0. The second-order valence-corrected chi connectivity index (χ2v) is 6.91. The topological polar surface area (TPSA) is 67.2 Å². The Labute approximate surface area is 148 Å². The van der Waals surface area contributed by atoms with Crippen molar-refractivity contribution >= 4 is 18.0 Å². The van der Waals surface area contributed by atoms with E-state index in [1.807, 2.05) is 0 Å². The number of hydrogen-bond acceptors (Lipinski definition) is 4. The van der Waals surface area contributed by atoms with Gasteiger partial charge in [-0.3, -0.25) is 15.4 Å². The molecule has 4 N–H and O–H groups in total. The summed E-state index contributed by atoms with van der Waals surface area (Å²) in [6, 6.07) is 0. The molecule has 0 atom stereocenters. The average Bonchev–Trinajstić information content (AvgIpc) is 2.56. The zero-order valence-electron chi connectivity index (χ0n) is 15.2. The number of nitrogens with one attached hydrogen (secondary N) is 2. The monoisotopic (exact) mass is 345 g/mol. The van der Waals surface area contributed by atoms with Gasteiger partial charge in [-0.1, -0.05) is 96.8 Å². The Morgan fingerprint density at radius 3 is 1.52 bits per heavy atom. The van der Waals surface area contributed by atoms with Crippen LogP contribution in [0.25, 0.3) is 0 Å². The van der Waals surface area contributed by atoms with Crippen LogP contribution in [-0.4, -0.2) is 5.91 Å². The number of rotatable bonds is 18. The van der Waals surface area contributed by atoms with Crippen molar-refractivity contribution in [2.24, 2.45) is 5.14 Å². The van der Waals surface area contributed by atoms with Gasteiger partial charge in [0.05, 0.1) is 0 Å². The lowest BCUT2D eigenvalue weighted by molar-refractivity contribution is -0.121. The van der Waals surface area contributed by atoms with Crippen LogP contribution in [0.15, 0.2) is 0 Å². The Morgan fingerprint density at radius 2 is 1.13 bits per heavy atom. The predicted molar refractivity (Wildman–Crippen MR) is 103 cm³/mol. The van der Waals surface area contributed by atoms with Crippen molar-refractivity contribution in [3.05, 3.63) is 0 Å². The summed E-state index contributed by atoms with van der Waals surface area (Å²) >= 11 is 0.912. The highest BCUT2D eigenvalue weighted by Crippen LogP contribution is 2.13. The van der Waals surface area contributed by atoms with E-state index in [9.17, 15) is 4.79 Å². The quantitative estimate of drug-likeness (QED) is 0.177. The molecule has 0 radical (unpaired) electrons. The van der Waals surface area contributed by atoms with E-state index in [0.29, 0.717) is 6.42 Å². The van der Waals surface area contributed by atoms with Gasteiger partial charge < -0.3 is 0 Å². The Kier molecular flexibility index (Phi) is 19.6. The predicted octanol–water partition coefficient (Wildman–Crippen LogP) is 5.39. The van der Waals surface area contributed by atoms with Gasteiger partial charge in [0.15, 0.2) is 0 Å². The molecule has 0 saturated carbocycles. The number of hydrazine groups is 1. The maximum Gasteiger partial charge on any atom is 0.234 e. The van der Waals surface area contributed by atoms with Gasteiger partial charge in [-0.25, -0.2) is 0 Å². The smallest absolute Gasteiger partial charge is 0.234 e. The molecule has 0 saturated heterocycles. The minimum atomic E-state index is 0.0256. The standard InChI is InChI=1S/C18H39N3OS/c1-2-3-4-5-6-7-8-9-10-11-12-13-14-15-16-17-18(22)20-21-23-19/h21H,2-17,19H2,1H3,(H,20,22). The minimum Gasteiger partial charge on any atom is -0.281 e. The van der Waals surface area contributed by atoms with Gasteiger partial charge in [0.25, 0.3) is 0 Å². The molecule has 0 aromatic heterocycles. The normalized spacial score (nSPS) is 10.9. The second kappa shape index (κ2) is 19.8. The Bertz CT molecular complexity index is 252. The molecule has 1 amide bonds. The molecule has 138 valence electrons. The molecule has 0 bridgehead atoms. The number of unbranched alkanes of at least 4 members (excludes halogenated alkanes) is 14. The van der Waals surface area contributed by atoms with E-state index in [0.717, 1.165) is 25.0 Å². The largest absolute Gasteiger partial charge is 0.281 e. The van der Waals surface area contributed by atoms with E-state index >= 15 is 0 Å². The highest BCUT2D eigenvalue weighted by atomic mass is 32.2. The van der Waals surface area contributed by atoms with Crippen molar-refractivity contribution in [1.29, 1.82) is 0 Å². The zero-order chi connectivity index (χ0) is 17.0. The SMILES string of the molecule is CCCCCCCCCCCCCCCCCC(=O)NNSN. The molecule has 4 nitrogen and oxygen atoms in total. The molecule has 23 heavy (non-hydrogen) atoms. The third kappa shape index (κ3) is 19.7. The number of carbonyl (C=O) groups is 1. The molecule has 0 aliphatic carbocycles. The molecule has 5 heteroatoms. The van der Waals surface area contributed by atoms with Crippen LogP contribution in [0.1, 0.15) is 110 Å². The maximum absolute atomic E-state index is 11.3. The highest BCUT2D eigenvalue weighted by molar-refractivity contribution is 7.95. The first-order valence-corrected chi connectivity index (χ1v) is 10.6. The highest BCUT2D eigenvalue weighted by Gasteiger charge is 1.99. The molecule has 0 spiro atoms. The first-order chi connectivity index (χ1) is 11.3. The fourth-order valence-corrected chi connectivity index (χ4v) is 2.98. The van der Waals surface area contributed by atoms with E-state index in [2.05, 4.69) is 17.2 Å². The van der Waals surface area contributed by atoms with E-state index in [1.165, 1.54) is 83.5 Å². The first kappa shape index (κ1) is 22.7. The summed E-state index contributed by atoms with van der Waals surface area (Å²) in [4.78, 5) is 13.8. The van der Waals surface area contributed by atoms with Crippen molar-refractivity contribution in [2.75, 3.05) is 0 Å². The Morgan fingerprint density at radius 1 is 0.739 bits per heavy atom. The van der Waals surface area contributed by atoms with Crippen LogP contribution in [0.2, 0.25) is 0 Å². The van der Waals surface area contributed by atoms with Gasteiger partial charge in [-0.2, -0.15) is 4.83 Å². The van der Waals surface area contributed by atoms with Crippen LogP contribution in [-0.2, 0) is 4.79 Å². The number of carbonyl (C=O) groups excluding carboxylic acids is 1. The summed E-state index contributed by atoms with van der Waals surface area (Å²) in [6.07, 6.45) is 20.8. The maximum atomic E-state index is 11.3. The summed E-state index contributed by atoms with van der Waals surface area (Å²) in [7, 11) is 0. The third-order valence-electron chi connectivity index (χ3n) is 4.26. The van der Waals surface area contributed by atoms with Crippen LogP contribution < -0.4 is 15.4 Å². The van der Waals surface area contributed by atoms with Crippen molar-refractivity contribution in [2.45, 2.75) is 110 Å². The van der Waals surface area contributed by atoms with Gasteiger partial charge in [-0.15, -0.1) is 0 Å². The third-order valence-corrected chi connectivity index (χ3v) is 4.48. The number of amides is 1. The number of nitrogens with two attached hydrogens (primary N) is 1. The average molecular weight is 346 g/mol. The van der Waals surface area contributed by atoms with E-state index in [-0.39, 0.29) is 5.91 Å². The second-order valence-electron chi connectivity index (χ2n) is 6.47. The molecule has 0 aliphatic rings. The molecule has 0 unspecified atom stereocenters. The molecule has 0 aliphatic heterocycles. The fraction of sp³-hybridized carbons (Fsp3) is 0.944. The van der Waals surface area contributed by atoms with Crippen molar-refractivity contribution < 1.29 is 4.79 Å². The van der Waals surface area contributed by atoms with Gasteiger partial charge in [-0.05, 0) is 6.42 Å².